The highest BCUT2D eigenvalue weighted by atomic mass is 19.1. The lowest BCUT2D eigenvalue weighted by atomic mass is 9.93. The van der Waals surface area contributed by atoms with E-state index in [-0.39, 0.29) is 23.4 Å². The second-order valence-corrected chi connectivity index (χ2v) is 7.18. The molecule has 1 unspecified atom stereocenters. The summed E-state index contributed by atoms with van der Waals surface area (Å²) in [6.45, 7) is 4.28. The first-order valence-corrected chi connectivity index (χ1v) is 9.46. The van der Waals surface area contributed by atoms with Crippen molar-refractivity contribution in [2.24, 2.45) is 0 Å². The van der Waals surface area contributed by atoms with Crippen LogP contribution in [-0.4, -0.2) is 42.0 Å². The topological polar surface area (TPSA) is 66.8 Å². The first-order chi connectivity index (χ1) is 13.9. The van der Waals surface area contributed by atoms with Gasteiger partial charge in [-0.1, -0.05) is 35.9 Å². The summed E-state index contributed by atoms with van der Waals surface area (Å²) in [6.07, 6.45) is 0.484. The van der Waals surface area contributed by atoms with Crippen molar-refractivity contribution in [2.45, 2.75) is 26.3 Å². The van der Waals surface area contributed by atoms with E-state index < -0.39 is 23.5 Å². The highest BCUT2D eigenvalue weighted by Crippen LogP contribution is 2.40. The number of amides is 1. The molecule has 0 radical (unpaired) electrons. The van der Waals surface area contributed by atoms with Gasteiger partial charge in [0, 0.05) is 31.4 Å². The first-order valence-electron chi connectivity index (χ1n) is 9.46. The van der Waals surface area contributed by atoms with Gasteiger partial charge in [0.05, 0.1) is 11.6 Å². The molecular weight excluding hydrogens is 373 g/mol. The first kappa shape index (κ1) is 20.7. The molecular formula is C23H24FNO4. The Balaban J connectivity index is 2.19. The molecule has 152 valence electrons. The van der Waals surface area contributed by atoms with Crippen molar-refractivity contribution < 1.29 is 23.8 Å². The molecule has 29 heavy (non-hydrogen) atoms. The molecule has 0 aliphatic carbocycles. The van der Waals surface area contributed by atoms with Crippen LogP contribution in [0.25, 0.3) is 5.76 Å². The van der Waals surface area contributed by atoms with Crippen molar-refractivity contribution in [2.75, 3.05) is 20.3 Å². The van der Waals surface area contributed by atoms with E-state index in [1.54, 1.807) is 32.2 Å². The van der Waals surface area contributed by atoms with Crippen LogP contribution in [-0.2, 0) is 14.3 Å². The Morgan fingerprint density at radius 1 is 1.17 bits per heavy atom. The number of nitrogens with zero attached hydrogens (tertiary/aromatic N) is 1. The van der Waals surface area contributed by atoms with Gasteiger partial charge >= 0.3 is 0 Å². The Hall–Kier alpha value is -2.99. The second-order valence-electron chi connectivity index (χ2n) is 7.18. The average molecular weight is 397 g/mol. The number of Topliss-reactive ketones (excluding diaryl/α,β-unsaturated/α-hetero) is 1. The summed E-state index contributed by atoms with van der Waals surface area (Å²) in [6, 6.07) is 10.5. The number of benzene rings is 2. The average Bonchev–Trinajstić information content (AvgIpc) is 2.94. The number of aliphatic hydroxyl groups excluding tert-OH is 1. The molecule has 0 aromatic heterocycles. The maximum atomic E-state index is 14.7. The SMILES string of the molecule is COCCCN1C(=O)C(=O)/C(=C(/O)c2cc(C)ccc2C)C1c1ccccc1F. The number of aliphatic hydroxyl groups is 1. The van der Waals surface area contributed by atoms with E-state index in [0.717, 1.165) is 11.1 Å². The van der Waals surface area contributed by atoms with Gasteiger partial charge in [-0.15, -0.1) is 0 Å². The summed E-state index contributed by atoms with van der Waals surface area (Å²) >= 11 is 0. The van der Waals surface area contributed by atoms with E-state index in [1.807, 2.05) is 19.1 Å². The molecule has 5 nitrogen and oxygen atoms in total. The molecule has 3 rings (SSSR count). The minimum atomic E-state index is -0.993. The van der Waals surface area contributed by atoms with Crippen LogP contribution < -0.4 is 0 Å². The number of ketones is 1. The number of likely N-dealkylation sites (tertiary alicyclic amines) is 1. The summed E-state index contributed by atoms with van der Waals surface area (Å²) in [5, 5.41) is 11.1. The van der Waals surface area contributed by atoms with Gasteiger partial charge in [-0.2, -0.15) is 0 Å². The molecule has 0 saturated carbocycles. The molecule has 1 N–H and O–H groups in total. The molecule has 0 spiro atoms. The Labute approximate surface area is 169 Å². The van der Waals surface area contributed by atoms with Gasteiger partial charge in [0.15, 0.2) is 0 Å². The van der Waals surface area contributed by atoms with Gasteiger partial charge in [-0.25, -0.2) is 4.39 Å². The molecule has 2 aromatic carbocycles. The Bertz CT molecular complexity index is 983. The van der Waals surface area contributed by atoms with Crippen LogP contribution in [0.15, 0.2) is 48.0 Å². The number of hydrogen-bond donors (Lipinski definition) is 1. The molecule has 6 heteroatoms. The smallest absolute Gasteiger partial charge is 0.295 e. The van der Waals surface area contributed by atoms with Gasteiger partial charge in [-0.3, -0.25) is 9.59 Å². The third kappa shape index (κ3) is 3.93. The van der Waals surface area contributed by atoms with Crippen LogP contribution in [0.2, 0.25) is 0 Å². The normalized spacial score (nSPS) is 18.5. The summed E-state index contributed by atoms with van der Waals surface area (Å²) in [5.41, 5.74) is 2.20. The van der Waals surface area contributed by atoms with Crippen molar-refractivity contribution in [3.63, 3.8) is 0 Å². The van der Waals surface area contributed by atoms with Crippen LogP contribution in [0.4, 0.5) is 4.39 Å². The lowest BCUT2D eigenvalue weighted by Gasteiger charge is -2.25. The molecule has 1 aliphatic heterocycles. The lowest BCUT2D eigenvalue weighted by Crippen LogP contribution is -2.31. The molecule has 0 bridgehead atoms. The van der Waals surface area contributed by atoms with Crippen molar-refractivity contribution in [3.8, 4) is 0 Å². The Morgan fingerprint density at radius 3 is 2.59 bits per heavy atom. The zero-order valence-corrected chi connectivity index (χ0v) is 16.7. The maximum absolute atomic E-state index is 14.7. The Kier molecular flexibility index (Phi) is 6.13. The number of hydrogen-bond acceptors (Lipinski definition) is 4. The fourth-order valence-corrected chi connectivity index (χ4v) is 3.65. The van der Waals surface area contributed by atoms with E-state index in [2.05, 4.69) is 0 Å². The maximum Gasteiger partial charge on any atom is 0.295 e. The number of halogens is 1. The van der Waals surface area contributed by atoms with Gasteiger partial charge in [0.25, 0.3) is 11.7 Å². The molecule has 1 fully saturated rings. The van der Waals surface area contributed by atoms with Crippen molar-refractivity contribution in [1.29, 1.82) is 0 Å². The van der Waals surface area contributed by atoms with Crippen molar-refractivity contribution in [1.82, 2.24) is 4.90 Å². The van der Waals surface area contributed by atoms with Crippen LogP contribution in [0.1, 0.15) is 34.7 Å². The van der Waals surface area contributed by atoms with E-state index in [4.69, 9.17) is 4.74 Å². The van der Waals surface area contributed by atoms with E-state index in [9.17, 15) is 19.1 Å². The predicted octanol–water partition coefficient (Wildman–Crippen LogP) is 3.90. The number of ether oxygens (including phenoxy) is 1. The molecule has 1 saturated heterocycles. The number of methoxy groups -OCH3 is 1. The van der Waals surface area contributed by atoms with Crippen LogP contribution in [0.3, 0.4) is 0 Å². The summed E-state index contributed by atoms with van der Waals surface area (Å²) in [7, 11) is 1.54. The number of aryl methyl sites for hydroxylation is 2. The molecule has 1 amide bonds. The second kappa shape index (κ2) is 8.57. The van der Waals surface area contributed by atoms with Crippen LogP contribution in [0.5, 0.6) is 0 Å². The Morgan fingerprint density at radius 2 is 1.90 bits per heavy atom. The molecule has 1 aliphatic rings. The number of rotatable bonds is 6. The third-order valence-electron chi connectivity index (χ3n) is 5.14. The highest BCUT2D eigenvalue weighted by molar-refractivity contribution is 6.46. The quantitative estimate of drug-likeness (QED) is 0.347. The van der Waals surface area contributed by atoms with Gasteiger partial charge < -0.3 is 14.7 Å². The lowest BCUT2D eigenvalue weighted by molar-refractivity contribution is -0.140. The van der Waals surface area contributed by atoms with Crippen LogP contribution >= 0.6 is 0 Å². The summed E-state index contributed by atoms with van der Waals surface area (Å²) in [5.74, 6) is -2.38. The zero-order valence-electron chi connectivity index (χ0n) is 16.7. The van der Waals surface area contributed by atoms with Gasteiger partial charge in [-0.05, 0) is 38.0 Å². The highest BCUT2D eigenvalue weighted by Gasteiger charge is 2.46. The van der Waals surface area contributed by atoms with Gasteiger partial charge in [0.2, 0.25) is 0 Å². The molecule has 1 atom stereocenters. The van der Waals surface area contributed by atoms with Crippen LogP contribution in [0, 0.1) is 19.7 Å². The zero-order chi connectivity index (χ0) is 21.1. The molecule has 2 aromatic rings. The third-order valence-corrected chi connectivity index (χ3v) is 5.14. The molecule has 1 heterocycles. The standard InChI is InChI=1S/C23H24FNO4/c1-14-9-10-15(2)17(13-14)21(26)19-20(16-7-4-5-8-18(16)24)25(11-6-12-29-3)23(28)22(19)27/h4-5,7-10,13,20,26H,6,11-12H2,1-3H3/b21-19+. The van der Waals surface area contributed by atoms with Gasteiger partial charge in [0.1, 0.15) is 11.6 Å². The fourth-order valence-electron chi connectivity index (χ4n) is 3.65. The number of carbonyl (C=O) groups excluding carboxylic acids is 2. The minimum Gasteiger partial charge on any atom is -0.507 e. The number of carbonyl (C=O) groups is 2. The summed E-state index contributed by atoms with van der Waals surface area (Å²) < 4.78 is 19.7. The minimum absolute atomic E-state index is 0.0915. The van der Waals surface area contributed by atoms with E-state index in [1.165, 1.54) is 17.0 Å². The predicted molar refractivity (Wildman–Crippen MR) is 108 cm³/mol. The van der Waals surface area contributed by atoms with E-state index in [0.29, 0.717) is 18.6 Å². The monoisotopic (exact) mass is 397 g/mol. The largest absolute Gasteiger partial charge is 0.507 e. The van der Waals surface area contributed by atoms with Crippen molar-refractivity contribution >= 4 is 17.4 Å². The van der Waals surface area contributed by atoms with Crippen molar-refractivity contribution in [3.05, 3.63) is 76.1 Å². The fraction of sp³-hybridized carbons (Fsp3) is 0.304. The van der Waals surface area contributed by atoms with E-state index >= 15 is 0 Å². The summed E-state index contributed by atoms with van der Waals surface area (Å²) in [4.78, 5) is 27.0.